The molecule has 0 saturated carbocycles. The fourth-order valence-corrected chi connectivity index (χ4v) is 10.3. The molecule has 3 N–H and O–H groups in total. The first-order valence-electron chi connectivity index (χ1n) is 19.4. The molecule has 2 unspecified atom stereocenters. The van der Waals surface area contributed by atoms with Crippen LogP contribution in [0.3, 0.4) is 0 Å². The number of benzene rings is 3. The maximum absolute atomic E-state index is 13.9. The number of carbonyl (C=O) groups excluding carboxylic acids is 3. The zero-order chi connectivity index (χ0) is 41.6. The number of aliphatic hydroxyl groups excluding tert-OH is 1. The van der Waals surface area contributed by atoms with E-state index in [2.05, 4.69) is 4.98 Å². The van der Waals surface area contributed by atoms with Crippen molar-refractivity contribution in [3.8, 4) is 17.2 Å². The third-order valence-electron chi connectivity index (χ3n) is 10.6. The van der Waals surface area contributed by atoms with Gasteiger partial charge in [-0.05, 0) is 79.0 Å². The van der Waals surface area contributed by atoms with Crippen LogP contribution in [0.15, 0.2) is 71.9 Å². The van der Waals surface area contributed by atoms with Gasteiger partial charge in [-0.25, -0.2) is 14.7 Å². The molecule has 1 saturated heterocycles. The third-order valence-corrected chi connectivity index (χ3v) is 14.1. The summed E-state index contributed by atoms with van der Waals surface area (Å²) in [6, 6.07) is 17.3. The minimum absolute atomic E-state index is 0.0602. The molecule has 3 aliphatic heterocycles. The molecule has 1 fully saturated rings. The average molecular weight is 885 g/mol. The van der Waals surface area contributed by atoms with Gasteiger partial charge < -0.3 is 43.4 Å². The van der Waals surface area contributed by atoms with Gasteiger partial charge in [-0.2, -0.15) is 0 Å². The van der Waals surface area contributed by atoms with Crippen molar-refractivity contribution in [1.29, 1.82) is 0 Å². The molecule has 314 valence electrons. The summed E-state index contributed by atoms with van der Waals surface area (Å²) in [5.41, 5.74) is 1.95. The van der Waals surface area contributed by atoms with Crippen LogP contribution in [0.2, 0.25) is 0 Å². The number of hydrogen-bond donors (Lipinski definition) is 3. The molecule has 4 atom stereocenters. The molecule has 3 amide bonds. The van der Waals surface area contributed by atoms with Crippen LogP contribution in [0.1, 0.15) is 67.3 Å². The Balaban J connectivity index is 0.996. The lowest BCUT2D eigenvalue weighted by atomic mass is 9.95. The Kier molecular flexibility index (Phi) is 14.3. The van der Waals surface area contributed by atoms with Crippen LogP contribution < -0.4 is 23.8 Å². The van der Waals surface area contributed by atoms with Gasteiger partial charge in [-0.15, -0.1) is 11.6 Å². The molecule has 14 nitrogen and oxygen atoms in total. The molecule has 3 aromatic carbocycles. The van der Waals surface area contributed by atoms with Gasteiger partial charge in [0.05, 0.1) is 36.7 Å². The van der Waals surface area contributed by atoms with Crippen LogP contribution in [0.5, 0.6) is 17.2 Å². The molecule has 0 radical (unpaired) electrons. The van der Waals surface area contributed by atoms with E-state index in [0.29, 0.717) is 73.6 Å². The lowest BCUT2D eigenvalue weighted by Crippen LogP contribution is -2.51. The highest BCUT2D eigenvalue weighted by Gasteiger charge is 2.45. The number of aliphatic hydroxyl groups is 1. The van der Waals surface area contributed by atoms with E-state index in [0.717, 1.165) is 20.9 Å². The quantitative estimate of drug-likeness (QED) is 0.0431. The van der Waals surface area contributed by atoms with Gasteiger partial charge in [-0.3, -0.25) is 9.59 Å². The number of carbonyl (C=O) groups is 3. The van der Waals surface area contributed by atoms with Crippen molar-refractivity contribution < 1.29 is 48.0 Å². The van der Waals surface area contributed by atoms with Gasteiger partial charge in [0.1, 0.15) is 17.4 Å². The third kappa shape index (κ3) is 9.49. The highest BCUT2D eigenvalue weighted by atomic mass is 35.5. The predicted molar refractivity (Wildman–Crippen MR) is 230 cm³/mol. The number of ether oxygens (including phenoxy) is 3. The minimum Gasteiger partial charge on any atom is -0.493 e. The number of rotatable bonds is 16. The van der Waals surface area contributed by atoms with Crippen molar-refractivity contribution in [2.24, 2.45) is 0 Å². The van der Waals surface area contributed by atoms with E-state index < -0.39 is 27.0 Å². The fourth-order valence-electron chi connectivity index (χ4n) is 7.85. The molecule has 0 bridgehead atoms. The van der Waals surface area contributed by atoms with E-state index >= 15 is 0 Å². The van der Waals surface area contributed by atoms with Crippen LogP contribution in [0.4, 0.5) is 16.2 Å². The topological polar surface area (TPSA) is 171 Å². The maximum atomic E-state index is 13.9. The lowest BCUT2D eigenvalue weighted by Gasteiger charge is -2.32. The predicted octanol–water partition coefficient (Wildman–Crippen LogP) is 7.85. The number of anilines is 2. The summed E-state index contributed by atoms with van der Waals surface area (Å²) in [7, 11) is 1.79. The molecule has 18 heteroatoms. The van der Waals surface area contributed by atoms with Crippen molar-refractivity contribution in [3.63, 3.8) is 0 Å². The van der Waals surface area contributed by atoms with Gasteiger partial charge >= 0.3 is 14.7 Å². The van der Waals surface area contributed by atoms with Crippen molar-refractivity contribution in [2.45, 2.75) is 73.9 Å². The summed E-state index contributed by atoms with van der Waals surface area (Å²) in [5, 5.41) is 13.9. The van der Waals surface area contributed by atoms with Crippen LogP contribution in [-0.2, 0) is 9.53 Å². The number of alkyl halides is 1. The Morgan fingerprint density at radius 1 is 1.02 bits per heavy atom. The van der Waals surface area contributed by atoms with E-state index in [1.165, 1.54) is 28.7 Å². The highest BCUT2D eigenvalue weighted by Crippen LogP contribution is 2.48. The number of hydrogen-bond acceptors (Lipinski definition) is 13. The second-order valence-corrected chi connectivity index (χ2v) is 18.1. The molecule has 3 aliphatic rings. The smallest absolute Gasteiger partial charge is 0.416 e. The first-order valence-corrected chi connectivity index (χ1v) is 23.3. The van der Waals surface area contributed by atoms with Gasteiger partial charge in [-0.1, -0.05) is 41.1 Å². The largest absolute Gasteiger partial charge is 0.493 e. The van der Waals surface area contributed by atoms with E-state index in [9.17, 15) is 29.3 Å². The number of methoxy groups -OCH3 is 1. The molecule has 1 aromatic heterocycles. The second kappa shape index (κ2) is 19.6. The molecule has 0 aliphatic carbocycles. The Bertz CT molecular complexity index is 2160. The minimum atomic E-state index is -2.67. The Morgan fingerprint density at radius 3 is 2.54 bits per heavy atom. The van der Waals surface area contributed by atoms with E-state index in [1.807, 2.05) is 49.4 Å². The lowest BCUT2D eigenvalue weighted by molar-refractivity contribution is -0.118. The molecular formula is C41H46ClN4O10PS2. The zero-order valence-electron chi connectivity index (χ0n) is 32.6. The maximum Gasteiger partial charge on any atom is 0.416 e. The molecule has 4 heterocycles. The Hall–Kier alpha value is -4.02. The van der Waals surface area contributed by atoms with Crippen LogP contribution in [0.25, 0.3) is 10.8 Å². The highest BCUT2D eigenvalue weighted by molar-refractivity contribution is 8.76. The second-order valence-electron chi connectivity index (χ2n) is 14.5. The summed E-state index contributed by atoms with van der Waals surface area (Å²) < 4.78 is 23.0. The van der Waals surface area contributed by atoms with Crippen molar-refractivity contribution >= 4 is 81.8 Å². The number of aromatic nitrogens is 1. The first-order chi connectivity index (χ1) is 28.6. The van der Waals surface area contributed by atoms with Gasteiger partial charge in [0.2, 0.25) is 5.91 Å². The molecule has 4 aromatic rings. The molecular weight excluding hydrogens is 839 g/mol. The Morgan fingerprint density at radius 2 is 1.80 bits per heavy atom. The van der Waals surface area contributed by atoms with E-state index in [1.54, 1.807) is 34.2 Å². The summed E-state index contributed by atoms with van der Waals surface area (Å²) in [6.07, 6.45) is 2.89. The average Bonchev–Trinajstić information content (AvgIpc) is 3.87. The number of amides is 3. The van der Waals surface area contributed by atoms with E-state index in [4.69, 9.17) is 30.3 Å². The summed E-state index contributed by atoms with van der Waals surface area (Å²) in [4.78, 5) is 69.3. The number of fused-ring (bicyclic) bond motifs is 5. The molecule has 7 rings (SSSR count). The fraction of sp³-hybridized carbons (Fsp3) is 0.415. The SMILES string of the molecule is COc1cc2c(cc1OCCCCCC(=O)N1C[C@@H](CCl)c3c1cc(OP(O)O)c1ccccc31)N(C(=O)OCC(C)SSc1ccccn1)C(O)[C@@H]1CCCN1C2=O. The van der Waals surface area contributed by atoms with Gasteiger partial charge in [0, 0.05) is 60.3 Å². The molecule has 0 spiro atoms. The van der Waals surface area contributed by atoms with Gasteiger partial charge in [0.15, 0.2) is 17.7 Å². The number of nitrogens with zero attached hydrogens (tertiary/aromatic N) is 4. The summed E-state index contributed by atoms with van der Waals surface area (Å²) in [5.74, 6) is 0.693. The number of pyridine rings is 1. The van der Waals surface area contributed by atoms with Crippen molar-refractivity contribution in [1.82, 2.24) is 9.88 Å². The van der Waals surface area contributed by atoms with Crippen LogP contribution in [-0.4, -0.2) is 99.5 Å². The summed E-state index contributed by atoms with van der Waals surface area (Å²) >= 11 is 6.40. The van der Waals surface area contributed by atoms with Crippen molar-refractivity contribution in [3.05, 3.63) is 78.0 Å². The normalized spacial score (nSPS) is 19.0. The van der Waals surface area contributed by atoms with Gasteiger partial charge in [0.25, 0.3) is 5.91 Å². The first kappa shape index (κ1) is 43.1. The van der Waals surface area contributed by atoms with Crippen molar-refractivity contribution in [2.75, 3.05) is 49.1 Å². The zero-order valence-corrected chi connectivity index (χ0v) is 35.9. The van der Waals surface area contributed by atoms with Crippen LogP contribution >= 0.6 is 41.8 Å². The number of halogens is 1. The Labute approximate surface area is 356 Å². The monoisotopic (exact) mass is 884 g/mol. The molecule has 59 heavy (non-hydrogen) atoms. The standard InChI is InChI=1S/C41H46ClN4O10PS2/c1-25(58-59-36-14-7-8-16-43-36)24-55-41(50)46-31-20-35(34(53-2)19-29(31)39(48)44-17-10-13-30(44)40(46)49)54-18-9-3-4-15-37(47)45-23-26(22-42)38-28-12-6-5-11-27(28)33(21-32(38)45)56-57(51)52/h5-8,11-12,14,16,19-21,25-26,30,40,49,51-52H,3-4,9-10,13,15,17-18,22-24H2,1-2H3/t25?,26-,30+,40?/m1/s1. The van der Waals surface area contributed by atoms with Crippen LogP contribution in [0, 0.1) is 0 Å². The summed E-state index contributed by atoms with van der Waals surface area (Å²) in [6.45, 7) is 3.09. The number of unbranched alkanes of at least 4 members (excludes halogenated alkanes) is 2. The van der Waals surface area contributed by atoms with E-state index in [-0.39, 0.29) is 59.6 Å².